The number of carbonyl (C=O) groups excluding carboxylic acids is 2. The molecule has 1 atom stereocenters. The first-order chi connectivity index (χ1) is 13.9. The number of hydrogen-bond acceptors (Lipinski definition) is 2. The van der Waals surface area contributed by atoms with E-state index in [4.69, 9.17) is 11.6 Å². The summed E-state index contributed by atoms with van der Waals surface area (Å²) in [6.07, 6.45) is 0. The Morgan fingerprint density at radius 2 is 1.38 bits per heavy atom. The van der Waals surface area contributed by atoms with Crippen molar-refractivity contribution in [3.05, 3.63) is 89.4 Å². The fourth-order valence-electron chi connectivity index (χ4n) is 2.96. The second-order valence-corrected chi connectivity index (χ2v) is 7.57. The molecular formula is C24H23ClN2O2. The van der Waals surface area contributed by atoms with Gasteiger partial charge >= 0.3 is 0 Å². The molecule has 0 spiro atoms. The van der Waals surface area contributed by atoms with Gasteiger partial charge in [-0.25, -0.2) is 0 Å². The van der Waals surface area contributed by atoms with E-state index in [1.807, 2.05) is 68.4 Å². The number of amides is 2. The lowest BCUT2D eigenvalue weighted by atomic mass is 10.0. The molecule has 1 unspecified atom stereocenters. The number of carbonyl (C=O) groups is 2. The van der Waals surface area contributed by atoms with Gasteiger partial charge in [-0.05, 0) is 53.4 Å². The van der Waals surface area contributed by atoms with E-state index in [-0.39, 0.29) is 17.7 Å². The lowest BCUT2D eigenvalue weighted by Crippen LogP contribution is -2.47. The van der Waals surface area contributed by atoms with Gasteiger partial charge in [0.05, 0.1) is 0 Å². The third-order valence-corrected chi connectivity index (χ3v) is 4.85. The van der Waals surface area contributed by atoms with Crippen molar-refractivity contribution in [1.82, 2.24) is 5.32 Å². The van der Waals surface area contributed by atoms with E-state index in [1.54, 1.807) is 24.3 Å². The number of nitrogens with one attached hydrogen (secondary N) is 2. The number of hydrogen-bond donors (Lipinski definition) is 2. The summed E-state index contributed by atoms with van der Waals surface area (Å²) >= 11 is 5.87. The number of benzene rings is 3. The summed E-state index contributed by atoms with van der Waals surface area (Å²) < 4.78 is 0. The maximum Gasteiger partial charge on any atom is 0.251 e. The van der Waals surface area contributed by atoms with Crippen molar-refractivity contribution in [3.8, 4) is 11.1 Å². The zero-order chi connectivity index (χ0) is 20.8. The minimum absolute atomic E-state index is 0.0742. The third-order valence-electron chi connectivity index (χ3n) is 4.60. The van der Waals surface area contributed by atoms with E-state index >= 15 is 0 Å². The molecule has 0 fully saturated rings. The lowest BCUT2D eigenvalue weighted by molar-refractivity contribution is -0.118. The molecule has 5 heteroatoms. The Kier molecular flexibility index (Phi) is 6.68. The second-order valence-electron chi connectivity index (χ2n) is 7.13. The largest absolute Gasteiger partial charge is 0.340 e. The molecule has 0 aliphatic rings. The highest BCUT2D eigenvalue weighted by Crippen LogP contribution is 2.21. The molecule has 2 amide bonds. The summed E-state index contributed by atoms with van der Waals surface area (Å²) in [6.45, 7) is 3.79. The minimum atomic E-state index is -0.660. The van der Waals surface area contributed by atoms with E-state index in [9.17, 15) is 9.59 Å². The molecule has 4 nitrogen and oxygen atoms in total. The van der Waals surface area contributed by atoms with Crippen LogP contribution in [-0.4, -0.2) is 17.9 Å². The molecule has 0 saturated heterocycles. The van der Waals surface area contributed by atoms with E-state index in [1.165, 1.54) is 0 Å². The van der Waals surface area contributed by atoms with E-state index < -0.39 is 6.04 Å². The average Bonchev–Trinajstić information content (AvgIpc) is 2.73. The Morgan fingerprint density at radius 1 is 0.793 bits per heavy atom. The first kappa shape index (κ1) is 20.6. The Morgan fingerprint density at radius 3 is 1.97 bits per heavy atom. The number of anilines is 1. The highest BCUT2D eigenvalue weighted by Gasteiger charge is 2.24. The summed E-state index contributed by atoms with van der Waals surface area (Å²) in [4.78, 5) is 25.3. The van der Waals surface area contributed by atoms with Crippen molar-refractivity contribution in [2.75, 3.05) is 5.32 Å². The van der Waals surface area contributed by atoms with Crippen LogP contribution in [0.4, 0.5) is 5.69 Å². The predicted molar refractivity (Wildman–Crippen MR) is 118 cm³/mol. The highest BCUT2D eigenvalue weighted by atomic mass is 35.5. The molecule has 0 radical (unpaired) electrons. The Labute approximate surface area is 175 Å². The molecule has 3 aromatic rings. The molecule has 3 rings (SSSR count). The normalized spacial score (nSPS) is 11.7. The number of halogens is 1. The summed E-state index contributed by atoms with van der Waals surface area (Å²) in [5, 5.41) is 6.26. The van der Waals surface area contributed by atoms with Gasteiger partial charge < -0.3 is 10.6 Å². The van der Waals surface area contributed by atoms with Crippen LogP contribution in [0.3, 0.4) is 0 Å². The van der Waals surface area contributed by atoms with Crippen LogP contribution in [0.5, 0.6) is 0 Å². The zero-order valence-corrected chi connectivity index (χ0v) is 17.1. The summed E-state index contributed by atoms with van der Waals surface area (Å²) in [7, 11) is 0. The summed E-state index contributed by atoms with van der Waals surface area (Å²) in [5.74, 6) is -0.639. The lowest BCUT2D eigenvalue weighted by Gasteiger charge is -2.22. The van der Waals surface area contributed by atoms with Gasteiger partial charge in [-0.2, -0.15) is 0 Å². The van der Waals surface area contributed by atoms with Gasteiger partial charge in [0.15, 0.2) is 0 Å². The van der Waals surface area contributed by atoms with Crippen molar-refractivity contribution < 1.29 is 9.59 Å². The van der Waals surface area contributed by atoms with Gasteiger partial charge in [-0.15, -0.1) is 0 Å². The van der Waals surface area contributed by atoms with E-state index in [2.05, 4.69) is 10.6 Å². The molecule has 0 aromatic heterocycles. The van der Waals surface area contributed by atoms with Gasteiger partial charge in [-0.3, -0.25) is 9.59 Å². The van der Waals surface area contributed by atoms with Crippen molar-refractivity contribution in [1.29, 1.82) is 0 Å². The van der Waals surface area contributed by atoms with Crippen LogP contribution in [0.1, 0.15) is 24.2 Å². The number of rotatable bonds is 6. The van der Waals surface area contributed by atoms with Gasteiger partial charge in [0.25, 0.3) is 5.91 Å². The molecular weight excluding hydrogens is 384 g/mol. The fourth-order valence-corrected chi connectivity index (χ4v) is 3.08. The van der Waals surface area contributed by atoms with Crippen molar-refractivity contribution >= 4 is 29.1 Å². The Bertz CT molecular complexity index is 968. The average molecular weight is 407 g/mol. The van der Waals surface area contributed by atoms with Gasteiger partial charge in [0, 0.05) is 16.3 Å². The Hall–Kier alpha value is -3.11. The topological polar surface area (TPSA) is 58.2 Å². The van der Waals surface area contributed by atoms with Crippen LogP contribution >= 0.6 is 11.6 Å². The van der Waals surface area contributed by atoms with E-state index in [0.717, 1.165) is 11.1 Å². The minimum Gasteiger partial charge on any atom is -0.340 e. The van der Waals surface area contributed by atoms with Crippen molar-refractivity contribution in [3.63, 3.8) is 0 Å². The predicted octanol–water partition coefficient (Wildman–Crippen LogP) is 5.40. The molecule has 0 aliphatic heterocycles. The van der Waals surface area contributed by atoms with Crippen LogP contribution in [0, 0.1) is 5.92 Å². The standard InChI is InChI=1S/C24H23ClN2O2/c1-16(2)22(27-23(28)19-8-12-20(25)13-9-19)24(29)26-21-14-10-18(11-15-21)17-6-4-3-5-7-17/h3-16,22H,1-2H3,(H,26,29)(H,27,28). The molecule has 0 aliphatic carbocycles. The third kappa shape index (κ3) is 5.46. The fraction of sp³-hybridized carbons (Fsp3) is 0.167. The van der Waals surface area contributed by atoms with Gasteiger partial charge in [0.1, 0.15) is 6.04 Å². The second kappa shape index (κ2) is 9.39. The quantitative estimate of drug-likeness (QED) is 0.575. The molecule has 3 aromatic carbocycles. The van der Waals surface area contributed by atoms with Gasteiger partial charge in [0.2, 0.25) is 5.91 Å². The van der Waals surface area contributed by atoms with Crippen LogP contribution in [-0.2, 0) is 4.79 Å². The maximum atomic E-state index is 12.8. The van der Waals surface area contributed by atoms with Crippen LogP contribution in [0.2, 0.25) is 5.02 Å². The van der Waals surface area contributed by atoms with Gasteiger partial charge in [-0.1, -0.05) is 67.9 Å². The molecule has 2 N–H and O–H groups in total. The van der Waals surface area contributed by atoms with Crippen LogP contribution in [0.25, 0.3) is 11.1 Å². The summed E-state index contributed by atoms with van der Waals surface area (Å²) in [5.41, 5.74) is 3.32. The molecule has 148 valence electrons. The SMILES string of the molecule is CC(C)C(NC(=O)c1ccc(Cl)cc1)C(=O)Nc1ccc(-c2ccccc2)cc1. The first-order valence-corrected chi connectivity index (χ1v) is 9.84. The highest BCUT2D eigenvalue weighted by molar-refractivity contribution is 6.30. The van der Waals surface area contributed by atoms with Crippen LogP contribution in [0.15, 0.2) is 78.9 Å². The monoisotopic (exact) mass is 406 g/mol. The van der Waals surface area contributed by atoms with Crippen LogP contribution < -0.4 is 10.6 Å². The van der Waals surface area contributed by atoms with E-state index in [0.29, 0.717) is 16.3 Å². The zero-order valence-electron chi connectivity index (χ0n) is 16.4. The maximum absolute atomic E-state index is 12.8. The smallest absolute Gasteiger partial charge is 0.251 e. The van der Waals surface area contributed by atoms with Crippen molar-refractivity contribution in [2.45, 2.75) is 19.9 Å². The molecule has 0 heterocycles. The Balaban J connectivity index is 1.68. The molecule has 0 bridgehead atoms. The molecule has 0 saturated carbocycles. The van der Waals surface area contributed by atoms with Crippen molar-refractivity contribution in [2.24, 2.45) is 5.92 Å². The molecule has 29 heavy (non-hydrogen) atoms. The first-order valence-electron chi connectivity index (χ1n) is 9.47. The summed E-state index contributed by atoms with van der Waals surface area (Å²) in [6, 6.07) is 23.6.